The highest BCUT2D eigenvalue weighted by Crippen LogP contribution is 2.40. The third-order valence-electron chi connectivity index (χ3n) is 4.76. The van der Waals surface area contributed by atoms with Gasteiger partial charge in [0.15, 0.2) is 0 Å². The Hall–Kier alpha value is -1.47. The summed E-state index contributed by atoms with van der Waals surface area (Å²) in [7, 11) is 0. The zero-order chi connectivity index (χ0) is 16.7. The largest absolute Gasteiger partial charge is 0.282 e. The third kappa shape index (κ3) is 2.84. The number of nitrogens with zero attached hydrogens (tertiary/aromatic N) is 3. The van der Waals surface area contributed by atoms with Crippen LogP contribution in [0.3, 0.4) is 0 Å². The minimum atomic E-state index is -0.105. The van der Waals surface area contributed by atoms with Crippen molar-refractivity contribution >= 4 is 45.1 Å². The molecule has 0 bridgehead atoms. The maximum absolute atomic E-state index is 12.3. The molecule has 2 aromatic rings. The van der Waals surface area contributed by atoms with Gasteiger partial charge in [-0.2, -0.15) is 0 Å². The Labute approximate surface area is 148 Å². The van der Waals surface area contributed by atoms with Crippen molar-refractivity contribution in [1.29, 1.82) is 0 Å². The number of aromatic nitrogens is 2. The Balaban J connectivity index is 1.58. The molecule has 0 unspecified atom stereocenters. The van der Waals surface area contributed by atoms with Crippen LogP contribution >= 0.6 is 23.1 Å². The molecule has 0 saturated carbocycles. The summed E-state index contributed by atoms with van der Waals surface area (Å²) in [5, 5.41) is 2.02. The first-order valence-corrected chi connectivity index (χ1v) is 10.1. The minimum absolute atomic E-state index is 0.0460. The average molecular weight is 361 g/mol. The monoisotopic (exact) mass is 361 g/mol. The van der Waals surface area contributed by atoms with Crippen molar-refractivity contribution in [3.05, 3.63) is 16.8 Å². The number of carbonyl (C=O) groups excluding carboxylic acids is 2. The van der Waals surface area contributed by atoms with Gasteiger partial charge in [0.2, 0.25) is 11.8 Å². The summed E-state index contributed by atoms with van der Waals surface area (Å²) in [4.78, 5) is 36.7. The highest BCUT2D eigenvalue weighted by Gasteiger charge is 2.27. The highest BCUT2D eigenvalue weighted by atomic mass is 32.2. The summed E-state index contributed by atoms with van der Waals surface area (Å²) in [6.45, 7) is 2.85. The first-order chi connectivity index (χ1) is 11.6. The van der Waals surface area contributed by atoms with Crippen molar-refractivity contribution in [2.75, 3.05) is 12.3 Å². The molecule has 3 heterocycles. The Morgan fingerprint density at radius 3 is 3.08 bits per heavy atom. The van der Waals surface area contributed by atoms with Crippen molar-refractivity contribution in [2.45, 2.75) is 44.1 Å². The SMILES string of the molecule is C[C@H]1CCc2c(sc3ncnc(SCC(=O)N4CCCC4=O)c23)C1. The fourth-order valence-corrected chi connectivity index (χ4v) is 5.79. The van der Waals surface area contributed by atoms with E-state index >= 15 is 0 Å². The molecule has 1 atom stereocenters. The van der Waals surface area contributed by atoms with E-state index in [2.05, 4.69) is 16.9 Å². The van der Waals surface area contributed by atoms with Crippen LogP contribution in [0.1, 0.15) is 36.6 Å². The molecule has 0 N–H and O–H groups in total. The van der Waals surface area contributed by atoms with Crippen LogP contribution in [0.25, 0.3) is 10.2 Å². The van der Waals surface area contributed by atoms with Gasteiger partial charge in [0.1, 0.15) is 16.2 Å². The summed E-state index contributed by atoms with van der Waals surface area (Å²) < 4.78 is 0. The van der Waals surface area contributed by atoms with Crippen molar-refractivity contribution < 1.29 is 9.59 Å². The molecule has 126 valence electrons. The van der Waals surface area contributed by atoms with Gasteiger partial charge in [-0.1, -0.05) is 18.7 Å². The van der Waals surface area contributed by atoms with E-state index in [4.69, 9.17) is 0 Å². The topological polar surface area (TPSA) is 63.2 Å². The van der Waals surface area contributed by atoms with Gasteiger partial charge in [-0.3, -0.25) is 14.5 Å². The molecule has 2 aromatic heterocycles. The van der Waals surface area contributed by atoms with Crippen LogP contribution in [0.2, 0.25) is 0 Å². The Morgan fingerprint density at radius 2 is 2.29 bits per heavy atom. The van der Waals surface area contributed by atoms with Crippen LogP contribution in [0.4, 0.5) is 0 Å². The van der Waals surface area contributed by atoms with E-state index in [9.17, 15) is 9.59 Å². The number of aryl methyl sites for hydroxylation is 1. The molecule has 1 aliphatic heterocycles. The first-order valence-electron chi connectivity index (χ1n) is 8.34. The third-order valence-corrected chi connectivity index (χ3v) is 6.90. The molecule has 1 aliphatic carbocycles. The van der Waals surface area contributed by atoms with E-state index in [0.29, 0.717) is 13.0 Å². The number of carbonyl (C=O) groups is 2. The zero-order valence-corrected chi connectivity index (χ0v) is 15.2. The van der Waals surface area contributed by atoms with E-state index in [-0.39, 0.29) is 17.6 Å². The molecule has 0 aromatic carbocycles. The summed E-state index contributed by atoms with van der Waals surface area (Å²) in [5.41, 5.74) is 1.38. The number of amides is 2. The molecule has 24 heavy (non-hydrogen) atoms. The van der Waals surface area contributed by atoms with Gasteiger partial charge in [0.25, 0.3) is 0 Å². The lowest BCUT2D eigenvalue weighted by molar-refractivity contribution is -0.140. The van der Waals surface area contributed by atoms with Gasteiger partial charge in [-0.25, -0.2) is 9.97 Å². The van der Waals surface area contributed by atoms with Gasteiger partial charge in [-0.15, -0.1) is 11.3 Å². The first kappa shape index (κ1) is 16.0. The maximum Gasteiger partial charge on any atom is 0.239 e. The number of likely N-dealkylation sites (tertiary alicyclic amines) is 1. The van der Waals surface area contributed by atoms with Crippen molar-refractivity contribution in [2.24, 2.45) is 5.92 Å². The number of fused-ring (bicyclic) bond motifs is 3. The molecule has 0 radical (unpaired) electrons. The molecule has 0 spiro atoms. The zero-order valence-electron chi connectivity index (χ0n) is 13.6. The Bertz CT molecular complexity index is 818. The quantitative estimate of drug-likeness (QED) is 0.621. The smallest absolute Gasteiger partial charge is 0.239 e. The van der Waals surface area contributed by atoms with E-state index < -0.39 is 0 Å². The summed E-state index contributed by atoms with van der Waals surface area (Å²) >= 11 is 3.20. The van der Waals surface area contributed by atoms with E-state index in [1.54, 1.807) is 17.7 Å². The number of hydrogen-bond acceptors (Lipinski definition) is 6. The van der Waals surface area contributed by atoms with E-state index in [1.165, 1.54) is 33.5 Å². The normalized spacial score (nSPS) is 20.6. The van der Waals surface area contributed by atoms with E-state index in [1.807, 2.05) is 0 Å². The number of imide groups is 1. The molecular weight excluding hydrogens is 342 g/mol. The second-order valence-electron chi connectivity index (χ2n) is 6.54. The van der Waals surface area contributed by atoms with Crippen LogP contribution in [0.5, 0.6) is 0 Å². The number of rotatable bonds is 3. The van der Waals surface area contributed by atoms with Crippen LogP contribution < -0.4 is 0 Å². The molecule has 1 fully saturated rings. The van der Waals surface area contributed by atoms with Crippen LogP contribution in [0.15, 0.2) is 11.4 Å². The lowest BCUT2D eigenvalue weighted by Crippen LogP contribution is -2.33. The van der Waals surface area contributed by atoms with Gasteiger partial charge in [0, 0.05) is 23.2 Å². The second kappa shape index (κ2) is 6.44. The maximum atomic E-state index is 12.3. The predicted octanol–water partition coefficient (Wildman–Crippen LogP) is 3.06. The molecular formula is C17H19N3O2S2. The van der Waals surface area contributed by atoms with Crippen LogP contribution in [0, 0.1) is 5.92 Å². The lowest BCUT2D eigenvalue weighted by Gasteiger charge is -2.18. The van der Waals surface area contributed by atoms with Crippen LogP contribution in [-0.4, -0.2) is 39.0 Å². The molecule has 2 amide bonds. The van der Waals surface area contributed by atoms with Crippen molar-refractivity contribution in [3.8, 4) is 0 Å². The number of thioether (sulfide) groups is 1. The average Bonchev–Trinajstić information content (AvgIpc) is 3.15. The lowest BCUT2D eigenvalue weighted by atomic mass is 9.89. The van der Waals surface area contributed by atoms with Crippen molar-refractivity contribution in [3.63, 3.8) is 0 Å². The summed E-state index contributed by atoms with van der Waals surface area (Å²) in [5.74, 6) is 0.832. The Kier molecular flexibility index (Phi) is 4.30. The molecule has 4 rings (SSSR count). The van der Waals surface area contributed by atoms with Gasteiger partial charge < -0.3 is 0 Å². The van der Waals surface area contributed by atoms with Gasteiger partial charge >= 0.3 is 0 Å². The number of thiophene rings is 1. The fourth-order valence-electron chi connectivity index (χ4n) is 3.48. The second-order valence-corrected chi connectivity index (χ2v) is 8.59. The molecule has 1 saturated heterocycles. The summed E-state index contributed by atoms with van der Waals surface area (Å²) in [6.07, 6.45) is 6.23. The van der Waals surface area contributed by atoms with Crippen molar-refractivity contribution in [1.82, 2.24) is 14.9 Å². The molecule has 5 nitrogen and oxygen atoms in total. The van der Waals surface area contributed by atoms with Gasteiger partial charge in [-0.05, 0) is 37.2 Å². The van der Waals surface area contributed by atoms with Gasteiger partial charge in [0.05, 0.1) is 5.75 Å². The summed E-state index contributed by atoms with van der Waals surface area (Å²) in [6, 6.07) is 0. The van der Waals surface area contributed by atoms with Crippen LogP contribution in [-0.2, 0) is 22.4 Å². The number of hydrogen-bond donors (Lipinski definition) is 0. The Morgan fingerprint density at radius 1 is 1.42 bits per heavy atom. The van der Waals surface area contributed by atoms with E-state index in [0.717, 1.165) is 40.4 Å². The predicted molar refractivity (Wildman–Crippen MR) is 95.3 cm³/mol. The minimum Gasteiger partial charge on any atom is -0.282 e. The highest BCUT2D eigenvalue weighted by molar-refractivity contribution is 8.00. The fraction of sp³-hybridized carbons (Fsp3) is 0.529. The standard InChI is InChI=1S/C17H19N3O2S2/c1-10-4-5-11-12(7-10)24-17-15(11)16(18-9-19-17)23-8-14(22)20-6-2-3-13(20)21/h9-10H,2-8H2,1H3/t10-/m0/s1. The molecule has 2 aliphatic rings. The molecule has 7 heteroatoms.